The SMILES string of the molecule is COCC(=O)N1CC=C(c2ccc(O)c3c2C[C@H]2C[C@H]4[C@H](N(C)C)C(O)=C(C(N)=O)C(=O)[C@@]4(O)C(O)=C2C3=O)CC1. The highest BCUT2D eigenvalue weighted by Crippen LogP contribution is 2.53. The summed E-state index contributed by atoms with van der Waals surface area (Å²) in [6.45, 7) is 0.775. The second-order valence-corrected chi connectivity index (χ2v) is 11.2. The van der Waals surface area contributed by atoms with Crippen molar-refractivity contribution in [1.82, 2.24) is 9.80 Å². The predicted molar refractivity (Wildman–Crippen MR) is 145 cm³/mol. The van der Waals surface area contributed by atoms with Crippen LogP contribution in [0.25, 0.3) is 5.57 Å². The van der Waals surface area contributed by atoms with Crippen molar-refractivity contribution in [1.29, 1.82) is 0 Å². The van der Waals surface area contributed by atoms with Gasteiger partial charge in [0.1, 0.15) is 29.4 Å². The standard InChI is InChI=1S/C29H33N3O9/c1-31(2)23-17-11-14-10-16-15(13-6-8-32(9-7-13)19(34)12-41-3)4-5-18(33)21(16)24(35)20(14)26(37)29(17,40)27(38)22(25(23)36)28(30)39/h4-6,14,17,23,33,36-37,40H,7-12H2,1-3H3,(H2,30,39)/t14-,17-,23-,29-/m0/s1. The number of ether oxygens (including phenoxy) is 1. The van der Waals surface area contributed by atoms with Crippen LogP contribution in [0.1, 0.15) is 34.3 Å². The van der Waals surface area contributed by atoms with Crippen molar-refractivity contribution in [3.05, 3.63) is 57.6 Å². The second-order valence-electron chi connectivity index (χ2n) is 11.2. The van der Waals surface area contributed by atoms with Gasteiger partial charge >= 0.3 is 0 Å². The van der Waals surface area contributed by atoms with Gasteiger partial charge in [0.25, 0.3) is 5.91 Å². The molecule has 0 spiro atoms. The fourth-order valence-electron chi connectivity index (χ4n) is 6.91. The minimum absolute atomic E-state index is 0.0131. The van der Waals surface area contributed by atoms with Gasteiger partial charge < -0.3 is 35.8 Å². The first kappa shape index (κ1) is 28.5. The van der Waals surface area contributed by atoms with Crippen LogP contribution in [0.3, 0.4) is 0 Å². The molecule has 1 aromatic carbocycles. The molecule has 4 atom stereocenters. The van der Waals surface area contributed by atoms with Gasteiger partial charge in [-0.05, 0) is 62.0 Å². The van der Waals surface area contributed by atoms with Crippen molar-refractivity contribution in [3.63, 3.8) is 0 Å². The predicted octanol–water partition coefficient (Wildman–Crippen LogP) is 0.383. The minimum atomic E-state index is -2.68. The number of benzene rings is 1. The molecule has 0 saturated heterocycles. The zero-order chi connectivity index (χ0) is 30.0. The number of fused-ring (bicyclic) bond motifs is 3. The van der Waals surface area contributed by atoms with Crippen molar-refractivity contribution in [2.24, 2.45) is 17.6 Å². The number of rotatable bonds is 5. The summed E-state index contributed by atoms with van der Waals surface area (Å²) >= 11 is 0. The summed E-state index contributed by atoms with van der Waals surface area (Å²) in [5, 5.41) is 44.8. The normalized spacial score (nSPS) is 27.9. The number of aromatic hydroxyl groups is 1. The zero-order valence-corrected chi connectivity index (χ0v) is 23.0. The molecule has 12 heteroatoms. The number of ketones is 2. The number of hydrogen-bond donors (Lipinski definition) is 5. The molecule has 0 radical (unpaired) electrons. The van der Waals surface area contributed by atoms with Crippen LogP contribution in [0.4, 0.5) is 0 Å². The van der Waals surface area contributed by atoms with Gasteiger partial charge in [-0.2, -0.15) is 0 Å². The number of phenols is 1. The van der Waals surface area contributed by atoms with Gasteiger partial charge in [0, 0.05) is 31.7 Å². The molecule has 0 saturated carbocycles. The second kappa shape index (κ2) is 10.1. The third-order valence-electron chi connectivity index (χ3n) is 8.78. The largest absolute Gasteiger partial charge is 0.510 e. The fraction of sp³-hybridized carbons (Fsp3) is 0.448. The number of phenolic OH excluding ortho intramolecular Hbond substituents is 1. The average molecular weight is 568 g/mol. The Morgan fingerprint density at radius 2 is 1.90 bits per heavy atom. The number of carbonyl (C=O) groups is 4. The summed E-state index contributed by atoms with van der Waals surface area (Å²) < 4.78 is 4.94. The highest BCUT2D eigenvalue weighted by molar-refractivity contribution is 6.24. The Bertz CT molecular complexity index is 1470. The lowest BCUT2D eigenvalue weighted by molar-refractivity contribution is -0.148. The fourth-order valence-corrected chi connectivity index (χ4v) is 6.91. The molecule has 0 fully saturated rings. The van der Waals surface area contributed by atoms with E-state index in [2.05, 4.69) is 0 Å². The van der Waals surface area contributed by atoms with Crippen LogP contribution >= 0.6 is 0 Å². The molecule has 1 heterocycles. The van der Waals surface area contributed by atoms with Crippen LogP contribution < -0.4 is 5.73 Å². The average Bonchev–Trinajstić information content (AvgIpc) is 2.91. The molecular formula is C29H33N3O9. The summed E-state index contributed by atoms with van der Waals surface area (Å²) in [7, 11) is 4.62. The summed E-state index contributed by atoms with van der Waals surface area (Å²) in [5.74, 6) is -6.99. The Kier molecular flexibility index (Phi) is 7.04. The van der Waals surface area contributed by atoms with E-state index in [-0.39, 0.29) is 42.2 Å². The lowest BCUT2D eigenvalue weighted by atomic mass is 9.58. The van der Waals surface area contributed by atoms with Gasteiger partial charge in [0.15, 0.2) is 11.4 Å². The van der Waals surface area contributed by atoms with Gasteiger partial charge in [-0.3, -0.25) is 24.1 Å². The maximum absolute atomic E-state index is 13.9. The molecule has 3 aliphatic carbocycles. The number of aliphatic hydroxyl groups excluding tert-OH is 2. The smallest absolute Gasteiger partial charge is 0.255 e. The molecule has 12 nitrogen and oxygen atoms in total. The molecule has 0 bridgehead atoms. The van der Waals surface area contributed by atoms with Gasteiger partial charge in [0.05, 0.1) is 11.6 Å². The number of nitrogens with zero attached hydrogens (tertiary/aromatic N) is 2. The van der Waals surface area contributed by atoms with Crippen LogP contribution in [-0.4, -0.2) is 106 Å². The van der Waals surface area contributed by atoms with E-state index < -0.39 is 58.0 Å². The molecule has 6 N–H and O–H groups in total. The van der Waals surface area contributed by atoms with Crippen LogP contribution in [0.2, 0.25) is 0 Å². The summed E-state index contributed by atoms with van der Waals surface area (Å²) in [5.41, 5.74) is 3.79. The van der Waals surface area contributed by atoms with Crippen LogP contribution in [0.5, 0.6) is 5.75 Å². The monoisotopic (exact) mass is 567 g/mol. The number of amides is 2. The summed E-state index contributed by atoms with van der Waals surface area (Å²) in [4.78, 5) is 54.8. The Morgan fingerprint density at radius 3 is 2.49 bits per heavy atom. The maximum Gasteiger partial charge on any atom is 0.255 e. The van der Waals surface area contributed by atoms with Gasteiger partial charge in [0.2, 0.25) is 11.7 Å². The van der Waals surface area contributed by atoms with Crippen molar-refractivity contribution >= 4 is 29.0 Å². The van der Waals surface area contributed by atoms with Crippen LogP contribution in [0, 0.1) is 11.8 Å². The van der Waals surface area contributed by atoms with E-state index in [0.717, 1.165) is 11.1 Å². The van der Waals surface area contributed by atoms with Crippen molar-refractivity contribution in [2.75, 3.05) is 40.9 Å². The minimum Gasteiger partial charge on any atom is -0.510 e. The number of nitrogens with two attached hydrogens (primary N) is 1. The number of likely N-dealkylation sites (N-methyl/N-ethyl adjacent to an activating group) is 1. The number of primary amides is 1. The molecule has 5 rings (SSSR count). The number of Topliss-reactive ketones (excluding diaryl/α,β-unsaturated/α-hetero) is 2. The molecule has 2 amide bonds. The van der Waals surface area contributed by atoms with Gasteiger partial charge in [-0.1, -0.05) is 12.1 Å². The van der Waals surface area contributed by atoms with Crippen molar-refractivity contribution in [3.8, 4) is 5.75 Å². The van der Waals surface area contributed by atoms with E-state index in [9.17, 15) is 39.6 Å². The summed E-state index contributed by atoms with van der Waals surface area (Å²) in [6.07, 6.45) is 2.61. The van der Waals surface area contributed by atoms with E-state index in [1.807, 2.05) is 6.08 Å². The molecule has 4 aliphatic rings. The van der Waals surface area contributed by atoms with Gasteiger partial charge in [-0.15, -0.1) is 0 Å². The maximum atomic E-state index is 13.9. The first-order valence-corrected chi connectivity index (χ1v) is 13.3. The molecule has 1 aliphatic heterocycles. The Hall–Kier alpha value is -4.00. The first-order valence-electron chi connectivity index (χ1n) is 13.3. The Labute approximate surface area is 236 Å². The number of methoxy groups -OCH3 is 1. The highest BCUT2D eigenvalue weighted by Gasteiger charge is 2.63. The molecule has 218 valence electrons. The third-order valence-corrected chi connectivity index (χ3v) is 8.78. The van der Waals surface area contributed by atoms with E-state index >= 15 is 0 Å². The number of hydrogen-bond acceptors (Lipinski definition) is 10. The van der Waals surface area contributed by atoms with Gasteiger partial charge in [-0.25, -0.2) is 0 Å². The van der Waals surface area contributed by atoms with E-state index in [1.54, 1.807) is 25.1 Å². The highest BCUT2D eigenvalue weighted by atomic mass is 16.5. The zero-order valence-electron chi connectivity index (χ0n) is 23.0. The first-order chi connectivity index (χ1) is 19.3. The third kappa shape index (κ3) is 4.16. The number of aliphatic hydroxyl groups is 3. The molecular weight excluding hydrogens is 534 g/mol. The van der Waals surface area contributed by atoms with Crippen molar-refractivity contribution in [2.45, 2.75) is 30.9 Å². The van der Waals surface area contributed by atoms with Crippen molar-refractivity contribution < 1.29 is 44.3 Å². The molecule has 41 heavy (non-hydrogen) atoms. The van der Waals surface area contributed by atoms with Crippen LogP contribution in [0.15, 0.2) is 40.9 Å². The number of allylic oxidation sites excluding steroid dienone is 1. The number of carbonyl (C=O) groups excluding carboxylic acids is 4. The summed E-state index contributed by atoms with van der Waals surface area (Å²) in [6, 6.07) is 2.04. The van der Waals surface area contributed by atoms with E-state index in [0.29, 0.717) is 25.1 Å². The van der Waals surface area contributed by atoms with Crippen LogP contribution in [-0.2, 0) is 25.5 Å². The van der Waals surface area contributed by atoms with E-state index in [4.69, 9.17) is 10.5 Å². The lowest BCUT2D eigenvalue weighted by Gasteiger charge is -2.50. The quantitative estimate of drug-likeness (QED) is 0.311. The Morgan fingerprint density at radius 1 is 1.20 bits per heavy atom. The molecule has 0 unspecified atom stereocenters. The topological polar surface area (TPSA) is 191 Å². The lowest BCUT2D eigenvalue weighted by Crippen LogP contribution is -2.63. The van der Waals surface area contributed by atoms with E-state index in [1.165, 1.54) is 18.1 Å². The molecule has 1 aromatic rings. The Balaban J connectivity index is 1.61. The molecule has 0 aromatic heterocycles.